The lowest BCUT2D eigenvalue weighted by atomic mass is 9.57. The Morgan fingerprint density at radius 2 is 1.50 bits per heavy atom. The van der Waals surface area contributed by atoms with Crippen LogP contribution in [0.1, 0.15) is 68.2 Å². The molecule has 0 heterocycles. The number of methoxy groups -OCH3 is 1. The second-order valence-electron chi connectivity index (χ2n) is 9.88. The van der Waals surface area contributed by atoms with E-state index in [1.165, 1.54) is 16.7 Å². The van der Waals surface area contributed by atoms with Crippen LogP contribution in [0.5, 0.6) is 0 Å². The molecule has 0 radical (unpaired) electrons. The van der Waals surface area contributed by atoms with Crippen LogP contribution in [-0.2, 0) is 4.74 Å². The van der Waals surface area contributed by atoms with Crippen molar-refractivity contribution in [3.8, 4) is 0 Å². The molecule has 1 nitrogen and oxygen atoms in total. The standard InChI is InChI=1S/C23H36O/c1-20(2,3)18-14-15-23(24-9,19(16-18)21(4,5)6)22(7,8)17-12-10-11-13-17/h10,12-14,16H,11,15H2,1-9H3. The Balaban J connectivity index is 2.63. The summed E-state index contributed by atoms with van der Waals surface area (Å²) in [4.78, 5) is 0. The first-order valence-electron chi connectivity index (χ1n) is 9.22. The maximum atomic E-state index is 6.37. The highest BCUT2D eigenvalue weighted by Crippen LogP contribution is 2.55. The monoisotopic (exact) mass is 328 g/mol. The molecule has 0 bridgehead atoms. The van der Waals surface area contributed by atoms with Gasteiger partial charge in [-0.2, -0.15) is 0 Å². The van der Waals surface area contributed by atoms with Crippen molar-refractivity contribution in [2.45, 2.75) is 73.8 Å². The molecule has 2 aliphatic rings. The van der Waals surface area contributed by atoms with Crippen molar-refractivity contribution in [2.24, 2.45) is 16.2 Å². The van der Waals surface area contributed by atoms with Crippen LogP contribution in [0.25, 0.3) is 0 Å². The van der Waals surface area contributed by atoms with E-state index in [-0.39, 0.29) is 21.8 Å². The Bertz CT molecular complexity index is 611. The zero-order valence-corrected chi connectivity index (χ0v) is 17.2. The topological polar surface area (TPSA) is 9.23 Å². The van der Waals surface area contributed by atoms with Gasteiger partial charge in [-0.05, 0) is 40.4 Å². The van der Waals surface area contributed by atoms with Crippen LogP contribution >= 0.6 is 0 Å². The van der Waals surface area contributed by atoms with Crippen LogP contribution < -0.4 is 0 Å². The first-order valence-corrected chi connectivity index (χ1v) is 9.22. The van der Waals surface area contributed by atoms with Gasteiger partial charge in [-0.15, -0.1) is 0 Å². The third-order valence-electron chi connectivity index (χ3n) is 5.87. The van der Waals surface area contributed by atoms with Crippen molar-refractivity contribution in [1.82, 2.24) is 0 Å². The van der Waals surface area contributed by atoms with Gasteiger partial charge < -0.3 is 4.74 Å². The largest absolute Gasteiger partial charge is 0.373 e. The maximum absolute atomic E-state index is 6.37. The van der Waals surface area contributed by atoms with E-state index in [2.05, 4.69) is 85.8 Å². The molecule has 1 atom stereocenters. The SMILES string of the molecule is COC1(C(C)(C)C2=CCC=C2)CC=C(C(C)(C)C)C=C1C(C)(C)C. The lowest BCUT2D eigenvalue weighted by molar-refractivity contribution is -0.0627. The first-order chi connectivity index (χ1) is 10.9. The van der Waals surface area contributed by atoms with E-state index in [9.17, 15) is 0 Å². The summed E-state index contributed by atoms with van der Waals surface area (Å²) in [7, 11) is 1.89. The van der Waals surface area contributed by atoms with Crippen LogP contribution in [0.15, 0.2) is 47.1 Å². The molecular formula is C23H36O. The van der Waals surface area contributed by atoms with Crippen LogP contribution in [0, 0.1) is 16.2 Å². The molecule has 0 spiro atoms. The summed E-state index contributed by atoms with van der Waals surface area (Å²) >= 11 is 0. The molecule has 0 N–H and O–H groups in total. The zero-order valence-electron chi connectivity index (χ0n) is 17.2. The molecule has 1 unspecified atom stereocenters. The van der Waals surface area contributed by atoms with E-state index in [1.54, 1.807) is 0 Å². The minimum Gasteiger partial charge on any atom is -0.373 e. The summed E-state index contributed by atoms with van der Waals surface area (Å²) in [5.74, 6) is 0. The fraction of sp³-hybridized carbons (Fsp3) is 0.652. The van der Waals surface area contributed by atoms with Gasteiger partial charge in [-0.3, -0.25) is 0 Å². The number of hydrogen-bond donors (Lipinski definition) is 0. The summed E-state index contributed by atoms with van der Waals surface area (Å²) in [5.41, 5.74) is 4.07. The quantitative estimate of drug-likeness (QED) is 0.564. The van der Waals surface area contributed by atoms with Gasteiger partial charge in [0, 0.05) is 12.5 Å². The normalized spacial score (nSPS) is 25.5. The highest BCUT2D eigenvalue weighted by atomic mass is 16.5. The van der Waals surface area contributed by atoms with Gasteiger partial charge in [-0.25, -0.2) is 0 Å². The molecule has 0 amide bonds. The predicted molar refractivity (Wildman–Crippen MR) is 105 cm³/mol. The molecular weight excluding hydrogens is 292 g/mol. The van der Waals surface area contributed by atoms with Crippen LogP contribution in [0.3, 0.4) is 0 Å². The number of ether oxygens (including phenoxy) is 1. The summed E-state index contributed by atoms with van der Waals surface area (Å²) in [5, 5.41) is 0. The van der Waals surface area contributed by atoms with Crippen molar-refractivity contribution in [3.05, 3.63) is 47.1 Å². The van der Waals surface area contributed by atoms with Crippen LogP contribution in [-0.4, -0.2) is 12.7 Å². The first kappa shape index (κ1) is 19.2. The van der Waals surface area contributed by atoms with E-state index >= 15 is 0 Å². The fourth-order valence-electron chi connectivity index (χ4n) is 4.23. The van der Waals surface area contributed by atoms with Crippen molar-refractivity contribution >= 4 is 0 Å². The lowest BCUT2D eigenvalue weighted by Crippen LogP contribution is -2.52. The Morgan fingerprint density at radius 3 is 1.92 bits per heavy atom. The van der Waals surface area contributed by atoms with Gasteiger partial charge in [0.15, 0.2) is 0 Å². The highest BCUT2D eigenvalue weighted by Gasteiger charge is 2.53. The summed E-state index contributed by atoms with van der Waals surface area (Å²) in [6.45, 7) is 18.5. The van der Waals surface area contributed by atoms with Crippen LogP contribution in [0.4, 0.5) is 0 Å². The smallest absolute Gasteiger partial charge is 0.102 e. The van der Waals surface area contributed by atoms with E-state index < -0.39 is 0 Å². The van der Waals surface area contributed by atoms with E-state index in [4.69, 9.17) is 4.74 Å². The van der Waals surface area contributed by atoms with Gasteiger partial charge in [0.1, 0.15) is 5.60 Å². The molecule has 0 aromatic heterocycles. The number of hydrogen-bond acceptors (Lipinski definition) is 1. The molecule has 0 saturated carbocycles. The summed E-state index contributed by atoms with van der Waals surface area (Å²) in [6, 6.07) is 0. The second-order valence-corrected chi connectivity index (χ2v) is 9.88. The maximum Gasteiger partial charge on any atom is 0.102 e. The van der Waals surface area contributed by atoms with Gasteiger partial charge in [0.2, 0.25) is 0 Å². The molecule has 0 aliphatic heterocycles. The van der Waals surface area contributed by atoms with Crippen molar-refractivity contribution in [1.29, 1.82) is 0 Å². The van der Waals surface area contributed by atoms with Gasteiger partial charge in [0.25, 0.3) is 0 Å². The minimum atomic E-state index is -0.305. The predicted octanol–water partition coefficient (Wildman–Crippen LogP) is 6.63. The third-order valence-corrected chi connectivity index (χ3v) is 5.87. The summed E-state index contributed by atoms with van der Waals surface area (Å²) < 4.78 is 6.37. The fourth-order valence-corrected chi connectivity index (χ4v) is 4.23. The van der Waals surface area contributed by atoms with Gasteiger partial charge in [0.05, 0.1) is 0 Å². The average molecular weight is 329 g/mol. The molecule has 134 valence electrons. The molecule has 0 aromatic carbocycles. The van der Waals surface area contributed by atoms with Gasteiger partial charge in [-0.1, -0.05) is 85.8 Å². The van der Waals surface area contributed by atoms with Crippen molar-refractivity contribution in [3.63, 3.8) is 0 Å². The summed E-state index contributed by atoms with van der Waals surface area (Å²) in [6.07, 6.45) is 13.7. The number of allylic oxidation sites excluding steroid dienone is 5. The molecule has 2 aliphatic carbocycles. The van der Waals surface area contributed by atoms with Gasteiger partial charge >= 0.3 is 0 Å². The van der Waals surface area contributed by atoms with E-state index in [1.807, 2.05) is 7.11 Å². The van der Waals surface area contributed by atoms with E-state index in [0.717, 1.165) is 12.8 Å². The molecule has 24 heavy (non-hydrogen) atoms. The average Bonchev–Trinajstić information content (AvgIpc) is 2.99. The second kappa shape index (κ2) is 6.02. The third kappa shape index (κ3) is 3.08. The molecule has 1 heteroatoms. The molecule has 0 saturated heterocycles. The number of rotatable bonds is 3. The van der Waals surface area contributed by atoms with Crippen molar-refractivity contribution in [2.75, 3.05) is 7.11 Å². The minimum absolute atomic E-state index is 0.0565. The Hall–Kier alpha value is -1.08. The zero-order chi connectivity index (χ0) is 18.4. The Morgan fingerprint density at radius 1 is 0.875 bits per heavy atom. The highest BCUT2D eigenvalue weighted by molar-refractivity contribution is 5.47. The molecule has 0 aromatic rings. The lowest BCUT2D eigenvalue weighted by Gasteiger charge is -2.53. The molecule has 0 fully saturated rings. The van der Waals surface area contributed by atoms with Crippen molar-refractivity contribution < 1.29 is 4.74 Å². The Kier molecular flexibility index (Phi) is 4.83. The van der Waals surface area contributed by atoms with Crippen LogP contribution in [0.2, 0.25) is 0 Å². The Labute approximate surface area is 149 Å². The van der Waals surface area contributed by atoms with E-state index in [0.29, 0.717) is 0 Å². The molecule has 2 rings (SSSR count).